The topological polar surface area (TPSA) is 43.6 Å². The van der Waals surface area contributed by atoms with E-state index in [0.29, 0.717) is 0 Å². The molecule has 0 bridgehead atoms. The van der Waals surface area contributed by atoms with Crippen LogP contribution in [0, 0.1) is 0 Å². The predicted molar refractivity (Wildman–Crippen MR) is 114 cm³/mol. The van der Waals surface area contributed by atoms with Crippen molar-refractivity contribution >= 4 is 30.5 Å². The van der Waals surface area contributed by atoms with E-state index in [0.717, 1.165) is 49.6 Å². The number of aliphatic imine (C=N–C) groups is 3. The second kappa shape index (κ2) is 10.5. The highest BCUT2D eigenvalue weighted by atomic mass is 15.3. The Morgan fingerprint density at radius 1 is 1.15 bits per heavy atom. The minimum Gasteiger partial charge on any atom is -0.358 e. The summed E-state index contributed by atoms with van der Waals surface area (Å²) in [4.78, 5) is 17.1. The van der Waals surface area contributed by atoms with E-state index in [1.54, 1.807) is 12.4 Å². The van der Waals surface area contributed by atoms with Crippen molar-refractivity contribution in [2.24, 2.45) is 15.0 Å². The third kappa shape index (κ3) is 5.77. The summed E-state index contributed by atoms with van der Waals surface area (Å²) >= 11 is 0. The Morgan fingerprint density at radius 2 is 1.92 bits per heavy atom. The molecule has 1 heterocycles. The summed E-state index contributed by atoms with van der Waals surface area (Å²) in [5, 5.41) is 0. The number of allylic oxidation sites excluding steroid dienone is 1. The summed E-state index contributed by atoms with van der Waals surface area (Å²) in [7, 11) is 2.16. The fourth-order valence-corrected chi connectivity index (χ4v) is 3.00. The Kier molecular flexibility index (Phi) is 7.96. The van der Waals surface area contributed by atoms with Gasteiger partial charge in [-0.25, -0.2) is 0 Å². The van der Waals surface area contributed by atoms with Crippen LogP contribution in [0.3, 0.4) is 0 Å². The number of nitrogens with zero attached hydrogens (tertiary/aromatic N) is 5. The highest BCUT2D eigenvalue weighted by Crippen LogP contribution is 2.23. The van der Waals surface area contributed by atoms with Crippen LogP contribution in [0.5, 0.6) is 0 Å². The highest BCUT2D eigenvalue weighted by molar-refractivity contribution is 6.01. The zero-order valence-corrected chi connectivity index (χ0v) is 15.9. The summed E-state index contributed by atoms with van der Waals surface area (Å²) in [5.74, 6) is 0. The van der Waals surface area contributed by atoms with Crippen molar-refractivity contribution in [1.82, 2.24) is 4.90 Å². The lowest BCUT2D eigenvalue weighted by atomic mass is 10.1. The van der Waals surface area contributed by atoms with E-state index in [-0.39, 0.29) is 0 Å². The molecule has 5 nitrogen and oxygen atoms in total. The van der Waals surface area contributed by atoms with Gasteiger partial charge in [0.2, 0.25) is 0 Å². The molecule has 0 atom stereocenters. The predicted octanol–water partition coefficient (Wildman–Crippen LogP) is 4.24. The van der Waals surface area contributed by atoms with Crippen LogP contribution >= 0.6 is 0 Å². The van der Waals surface area contributed by atoms with Crippen LogP contribution in [0.15, 0.2) is 57.7 Å². The van der Waals surface area contributed by atoms with Gasteiger partial charge < -0.3 is 4.90 Å². The molecular formula is C21H29N5. The quantitative estimate of drug-likeness (QED) is 0.658. The summed E-state index contributed by atoms with van der Waals surface area (Å²) < 4.78 is 0. The Hall–Kier alpha value is -2.53. The minimum absolute atomic E-state index is 0.833. The minimum atomic E-state index is 0.833. The van der Waals surface area contributed by atoms with Crippen molar-refractivity contribution in [2.45, 2.75) is 26.2 Å². The molecule has 0 unspecified atom stereocenters. The van der Waals surface area contributed by atoms with E-state index >= 15 is 0 Å². The van der Waals surface area contributed by atoms with Crippen LogP contribution in [0.25, 0.3) is 5.70 Å². The maximum atomic E-state index is 4.44. The average molecular weight is 351 g/mol. The Morgan fingerprint density at radius 3 is 2.54 bits per heavy atom. The molecule has 0 amide bonds. The second-order valence-corrected chi connectivity index (χ2v) is 6.42. The van der Waals surface area contributed by atoms with Gasteiger partial charge >= 0.3 is 0 Å². The van der Waals surface area contributed by atoms with E-state index in [4.69, 9.17) is 0 Å². The first-order valence-electron chi connectivity index (χ1n) is 9.07. The average Bonchev–Trinajstić information content (AvgIpc) is 2.66. The van der Waals surface area contributed by atoms with Gasteiger partial charge in [0.05, 0.1) is 12.4 Å². The van der Waals surface area contributed by atoms with Gasteiger partial charge in [-0.1, -0.05) is 25.5 Å². The lowest BCUT2D eigenvalue weighted by Gasteiger charge is -2.34. The molecule has 1 aliphatic heterocycles. The number of rotatable bonds is 8. The van der Waals surface area contributed by atoms with Gasteiger partial charge in [0.15, 0.2) is 0 Å². The molecule has 5 heteroatoms. The normalized spacial score (nSPS) is 16.9. The molecule has 1 saturated heterocycles. The Balaban J connectivity index is 2.20. The first kappa shape index (κ1) is 19.8. The fraction of sp³-hybridized carbons (Fsp3) is 0.381. The van der Waals surface area contributed by atoms with Gasteiger partial charge in [-0.05, 0) is 51.5 Å². The first-order chi connectivity index (χ1) is 12.7. The molecule has 138 valence electrons. The molecule has 0 spiro atoms. The van der Waals surface area contributed by atoms with E-state index in [2.05, 4.69) is 76.4 Å². The zero-order valence-electron chi connectivity index (χ0n) is 15.9. The van der Waals surface area contributed by atoms with Crippen molar-refractivity contribution in [3.05, 3.63) is 48.3 Å². The summed E-state index contributed by atoms with van der Waals surface area (Å²) in [6.45, 7) is 12.5. The third-order valence-corrected chi connectivity index (χ3v) is 4.30. The molecule has 0 radical (unpaired) electrons. The van der Waals surface area contributed by atoms with Crippen LogP contribution in [0.4, 0.5) is 5.69 Å². The number of benzene rings is 1. The van der Waals surface area contributed by atoms with Crippen LogP contribution < -0.4 is 4.90 Å². The summed E-state index contributed by atoms with van der Waals surface area (Å²) in [6.07, 6.45) is 8.31. The van der Waals surface area contributed by atoms with Crippen molar-refractivity contribution in [2.75, 3.05) is 31.7 Å². The van der Waals surface area contributed by atoms with Gasteiger partial charge in [0, 0.05) is 42.5 Å². The maximum absolute atomic E-state index is 4.44. The first-order valence-corrected chi connectivity index (χ1v) is 9.07. The maximum Gasteiger partial charge on any atom is 0.0712 e. The summed E-state index contributed by atoms with van der Waals surface area (Å²) in [5.41, 5.74) is 4.07. The van der Waals surface area contributed by atoms with E-state index in [1.807, 2.05) is 6.08 Å². The Bertz CT molecular complexity index is 685. The molecule has 0 N–H and O–H groups in total. The van der Waals surface area contributed by atoms with Gasteiger partial charge in [0.1, 0.15) is 0 Å². The van der Waals surface area contributed by atoms with Gasteiger partial charge in [-0.2, -0.15) is 0 Å². The molecule has 26 heavy (non-hydrogen) atoms. The monoisotopic (exact) mass is 351 g/mol. The molecule has 0 aliphatic carbocycles. The zero-order chi connectivity index (χ0) is 18.8. The van der Waals surface area contributed by atoms with Gasteiger partial charge in [-0.3, -0.25) is 19.9 Å². The fourth-order valence-electron chi connectivity index (χ4n) is 3.00. The number of hydrogen-bond donors (Lipinski definition) is 0. The van der Waals surface area contributed by atoms with Crippen molar-refractivity contribution in [3.63, 3.8) is 0 Å². The van der Waals surface area contributed by atoms with Gasteiger partial charge in [-0.15, -0.1) is 0 Å². The smallest absolute Gasteiger partial charge is 0.0712 e. The van der Waals surface area contributed by atoms with Gasteiger partial charge in [0.25, 0.3) is 0 Å². The number of hydrogen-bond acceptors (Lipinski definition) is 5. The largest absolute Gasteiger partial charge is 0.358 e. The van der Waals surface area contributed by atoms with Crippen LogP contribution in [-0.2, 0) is 0 Å². The van der Waals surface area contributed by atoms with Crippen molar-refractivity contribution in [3.8, 4) is 0 Å². The molecule has 0 aromatic heterocycles. The molecule has 1 fully saturated rings. The highest BCUT2D eigenvalue weighted by Gasteiger charge is 2.14. The van der Waals surface area contributed by atoms with E-state index in [9.17, 15) is 0 Å². The molecular weight excluding hydrogens is 322 g/mol. The molecule has 2 rings (SSSR count). The van der Waals surface area contributed by atoms with Crippen LogP contribution in [0.2, 0.25) is 0 Å². The molecule has 1 aromatic rings. The second-order valence-electron chi connectivity index (χ2n) is 6.42. The van der Waals surface area contributed by atoms with Crippen molar-refractivity contribution in [1.29, 1.82) is 0 Å². The van der Waals surface area contributed by atoms with Crippen molar-refractivity contribution < 1.29 is 0 Å². The molecule has 1 aliphatic rings. The standard InChI is InChI=1S/C21H29N5/c1-5-7-19(24-13-12-22-2)16-21(23-3)18-8-10-20(11-9-18)26-15-6-14-25(4)17-26/h8-13,16H,2-3,5-7,14-15,17H2,1,4H3/b13-12-,21-16-,24-19+. The Labute approximate surface area is 157 Å². The van der Waals surface area contributed by atoms with Crippen LogP contribution in [0.1, 0.15) is 31.7 Å². The SMILES string of the molecule is C=N\C=C/N=C(/C=C(\N=C)c1ccc(N2CCCN(C)C2)cc1)CCC. The lowest BCUT2D eigenvalue weighted by molar-refractivity contribution is 0.292. The van der Waals surface area contributed by atoms with E-state index < -0.39 is 0 Å². The number of anilines is 1. The molecule has 1 aromatic carbocycles. The van der Waals surface area contributed by atoms with E-state index in [1.165, 1.54) is 12.1 Å². The molecule has 0 saturated carbocycles. The lowest BCUT2D eigenvalue weighted by Crippen LogP contribution is -2.42. The van der Waals surface area contributed by atoms with Crippen LogP contribution in [-0.4, -0.2) is 50.9 Å². The summed E-state index contributed by atoms with van der Waals surface area (Å²) in [6, 6.07) is 8.53. The third-order valence-electron chi connectivity index (χ3n) is 4.30.